The van der Waals surface area contributed by atoms with Gasteiger partial charge in [-0.3, -0.25) is 0 Å². The van der Waals surface area contributed by atoms with Crippen molar-refractivity contribution in [1.82, 2.24) is 0 Å². The van der Waals surface area contributed by atoms with Crippen LogP contribution in [0.15, 0.2) is 24.5 Å². The van der Waals surface area contributed by atoms with Crippen LogP contribution in [-0.4, -0.2) is 13.0 Å². The zero-order valence-electron chi connectivity index (χ0n) is 7.12. The third kappa shape index (κ3) is 2.81. The predicted octanol–water partition coefficient (Wildman–Crippen LogP) is 1.78. The third-order valence-corrected chi connectivity index (χ3v) is 2.27. The van der Waals surface area contributed by atoms with Gasteiger partial charge in [0, 0.05) is 12.1 Å². The van der Waals surface area contributed by atoms with E-state index in [0.29, 0.717) is 0 Å². The van der Waals surface area contributed by atoms with Gasteiger partial charge in [-0.25, -0.2) is 0 Å². The summed E-state index contributed by atoms with van der Waals surface area (Å²) in [5.74, 6) is 0. The molecule has 0 fully saturated rings. The number of rotatable bonds is 2. The molecule has 2 heteroatoms. The molecular weight excluding hydrogens is 153 g/mol. The Kier molecular flexibility index (Phi) is 2.78. The summed E-state index contributed by atoms with van der Waals surface area (Å²) in [6, 6.07) is 4.25. The number of hydrogen-bond donors (Lipinski definition) is 0. The molecule has 58 valence electrons. The van der Waals surface area contributed by atoms with Crippen LogP contribution in [0.5, 0.6) is 0 Å². The van der Waals surface area contributed by atoms with Crippen LogP contribution in [0.4, 0.5) is 0 Å². The van der Waals surface area contributed by atoms with Crippen LogP contribution in [0.25, 0.3) is 0 Å². The molecule has 1 rings (SSSR count). The molecule has 0 aliphatic carbocycles. The Morgan fingerprint density at radius 3 is 2.45 bits per heavy atom. The minimum atomic E-state index is -0.0734. The van der Waals surface area contributed by atoms with E-state index in [4.69, 9.17) is 0 Å². The summed E-state index contributed by atoms with van der Waals surface area (Å²) >= 11 is 0. The molecule has 1 heterocycles. The van der Waals surface area contributed by atoms with E-state index in [1.807, 2.05) is 0 Å². The topological polar surface area (TPSA) is 3.88 Å². The number of hydrogen-bond acceptors (Lipinski definition) is 0. The van der Waals surface area contributed by atoms with Gasteiger partial charge in [-0.05, 0) is 12.5 Å². The molecule has 0 aliphatic heterocycles. The molecule has 0 aromatic carbocycles. The molecule has 0 bridgehead atoms. The van der Waals surface area contributed by atoms with E-state index < -0.39 is 0 Å². The van der Waals surface area contributed by atoms with E-state index in [1.165, 1.54) is 5.56 Å². The van der Waals surface area contributed by atoms with Gasteiger partial charge in [-0.15, -0.1) is 0 Å². The van der Waals surface area contributed by atoms with Crippen molar-refractivity contribution in [1.29, 1.82) is 0 Å². The van der Waals surface area contributed by atoms with Crippen molar-refractivity contribution >= 4 is 13.8 Å². The summed E-state index contributed by atoms with van der Waals surface area (Å²) in [5.41, 5.74) is 1.31. The van der Waals surface area contributed by atoms with Crippen LogP contribution < -0.4 is 4.57 Å². The molecule has 0 radical (unpaired) electrons. The van der Waals surface area contributed by atoms with E-state index >= 15 is 0 Å². The largest absolute Gasteiger partial charge is 0.294 e. The smallest absolute Gasteiger partial charge is 0.165 e. The van der Waals surface area contributed by atoms with Gasteiger partial charge >= 0.3 is 0 Å². The van der Waals surface area contributed by atoms with E-state index in [1.54, 1.807) is 0 Å². The van der Waals surface area contributed by atoms with Crippen LogP contribution in [0.2, 0.25) is 0 Å². The lowest BCUT2D eigenvalue weighted by Crippen LogP contribution is -2.30. The van der Waals surface area contributed by atoms with Gasteiger partial charge in [-0.1, -0.05) is 0 Å². The fourth-order valence-electron chi connectivity index (χ4n) is 0.905. The number of aromatic nitrogens is 1. The Balaban J connectivity index is 2.74. The highest BCUT2D eigenvalue weighted by Crippen LogP contribution is 2.10. The third-order valence-electron chi connectivity index (χ3n) is 1.46. The molecule has 0 saturated heterocycles. The second-order valence-electron chi connectivity index (χ2n) is 2.89. The quantitative estimate of drug-likeness (QED) is 0.467. The fraction of sp³-hybridized carbons (Fsp3) is 0.333. The lowest BCUT2D eigenvalue weighted by molar-refractivity contribution is -0.677. The first-order valence-electron chi connectivity index (χ1n) is 3.66. The van der Waals surface area contributed by atoms with Crippen molar-refractivity contribution in [2.45, 2.75) is 13.2 Å². The zero-order valence-corrected chi connectivity index (χ0v) is 8.01. The van der Waals surface area contributed by atoms with Crippen molar-refractivity contribution in [3.05, 3.63) is 30.1 Å². The monoisotopic (exact) mass is 167 g/mol. The Morgan fingerprint density at radius 2 is 2.00 bits per heavy atom. The van der Waals surface area contributed by atoms with Crippen LogP contribution in [0.3, 0.4) is 0 Å². The molecule has 1 aromatic rings. The lowest BCUT2D eigenvalue weighted by Gasteiger charge is -1.89. The molecule has 0 N–H and O–H groups in total. The number of nitrogens with zero attached hydrogens (tertiary/aromatic N) is 1. The zero-order chi connectivity index (χ0) is 8.27. The average Bonchev–Trinajstić information content (AvgIpc) is 1.93. The summed E-state index contributed by atoms with van der Waals surface area (Å²) in [7, 11) is -0.0734. The molecule has 1 aromatic heterocycles. The van der Waals surface area contributed by atoms with Crippen molar-refractivity contribution in [3.8, 4) is 0 Å². The fourth-order valence-corrected chi connectivity index (χ4v) is 1.65. The van der Waals surface area contributed by atoms with Gasteiger partial charge in [-0.2, -0.15) is 4.57 Å². The minimum Gasteiger partial charge on any atom is -0.165 e. The Hall–Kier alpha value is -0.680. The van der Waals surface area contributed by atoms with Gasteiger partial charge in [0.1, 0.15) is 6.66 Å². The first-order chi connectivity index (χ1) is 5.18. The predicted molar refractivity (Wildman–Crippen MR) is 51.3 cm³/mol. The second kappa shape index (κ2) is 3.64. The Bertz CT molecular complexity index is 251. The first-order valence-corrected chi connectivity index (χ1v) is 5.82. The summed E-state index contributed by atoms with van der Waals surface area (Å²) in [6.45, 7) is 4.28. The summed E-state index contributed by atoms with van der Waals surface area (Å²) in [6.07, 6.45) is 9.29. The summed E-state index contributed by atoms with van der Waals surface area (Å²) in [4.78, 5) is 0. The second-order valence-corrected chi connectivity index (χ2v) is 4.88. The highest BCUT2D eigenvalue weighted by Gasteiger charge is 2.04. The van der Waals surface area contributed by atoms with Crippen molar-refractivity contribution in [2.24, 2.45) is 0 Å². The van der Waals surface area contributed by atoms with E-state index in [0.717, 1.165) is 6.29 Å². The average molecular weight is 167 g/mol. The first kappa shape index (κ1) is 8.42. The Morgan fingerprint density at radius 1 is 1.45 bits per heavy atom. The maximum absolute atomic E-state index is 4.00. The van der Waals surface area contributed by atoms with Crippen molar-refractivity contribution in [3.63, 3.8) is 0 Å². The van der Waals surface area contributed by atoms with Crippen LogP contribution in [0.1, 0.15) is 5.56 Å². The van der Waals surface area contributed by atoms with Gasteiger partial charge in [0.05, 0.1) is 6.30 Å². The van der Waals surface area contributed by atoms with E-state index in [-0.39, 0.29) is 7.55 Å². The van der Waals surface area contributed by atoms with E-state index in [9.17, 15) is 0 Å². The molecule has 0 aliphatic rings. The molecular formula is C9H14NP+2. The van der Waals surface area contributed by atoms with Crippen LogP contribution in [-0.2, 0) is 6.29 Å². The maximum Gasteiger partial charge on any atom is 0.294 e. The lowest BCUT2D eigenvalue weighted by atomic mass is 10.3. The molecule has 0 saturated carbocycles. The molecule has 0 amide bonds. The normalized spacial score (nSPS) is 11.3. The van der Waals surface area contributed by atoms with Crippen molar-refractivity contribution < 1.29 is 4.57 Å². The highest BCUT2D eigenvalue weighted by atomic mass is 31.1. The van der Waals surface area contributed by atoms with Gasteiger partial charge in [0.25, 0.3) is 6.29 Å². The SMILES string of the molecule is C=[P+](C)C[n+]1ccc(C)cc1. The molecule has 1 atom stereocenters. The number of pyridine rings is 1. The van der Waals surface area contributed by atoms with Gasteiger partial charge < -0.3 is 0 Å². The highest BCUT2D eigenvalue weighted by molar-refractivity contribution is 7.53. The Labute approximate surface area is 69.1 Å². The summed E-state index contributed by atoms with van der Waals surface area (Å²) in [5, 5.41) is 0. The molecule has 1 nitrogen and oxygen atoms in total. The van der Waals surface area contributed by atoms with Crippen LogP contribution >= 0.6 is 7.55 Å². The minimum absolute atomic E-state index is 0.0734. The summed E-state index contributed by atoms with van der Waals surface area (Å²) < 4.78 is 2.19. The molecule has 11 heavy (non-hydrogen) atoms. The number of aryl methyl sites for hydroxylation is 1. The molecule has 0 spiro atoms. The van der Waals surface area contributed by atoms with Gasteiger partial charge in [0.15, 0.2) is 19.9 Å². The van der Waals surface area contributed by atoms with Gasteiger partial charge in [0.2, 0.25) is 0 Å². The molecule has 1 unspecified atom stereocenters. The van der Waals surface area contributed by atoms with E-state index in [2.05, 4.69) is 49.0 Å². The van der Waals surface area contributed by atoms with Crippen molar-refractivity contribution in [2.75, 3.05) is 6.66 Å². The standard InChI is InChI=1S/C9H14NP/c1-9-4-6-10(7-5-9)8-11(2)3/h4-7H,2,8H2,1,3H3/q+2. The van der Waals surface area contributed by atoms with Crippen LogP contribution in [0, 0.1) is 6.92 Å². The maximum atomic E-state index is 4.00.